The van der Waals surface area contributed by atoms with Crippen LogP contribution in [-0.2, 0) is 26.2 Å². The van der Waals surface area contributed by atoms with Crippen LogP contribution in [0.5, 0.6) is 5.75 Å². The number of carboxylic acid groups (broad SMARTS) is 1. The van der Waals surface area contributed by atoms with Crippen molar-refractivity contribution in [2.45, 2.75) is 24.1 Å². The van der Waals surface area contributed by atoms with Crippen LogP contribution in [0.3, 0.4) is 0 Å². The van der Waals surface area contributed by atoms with Crippen LogP contribution >= 0.6 is 0 Å². The monoisotopic (exact) mass is 345 g/mol. The molecule has 0 radical (unpaired) electrons. The average Bonchev–Trinajstić information content (AvgIpc) is 2.86. The van der Waals surface area contributed by atoms with Crippen LogP contribution in [0.4, 0.5) is 3.89 Å². The lowest BCUT2D eigenvalue weighted by Crippen LogP contribution is -2.44. The second-order valence-electron chi connectivity index (χ2n) is 5.26. The van der Waals surface area contributed by atoms with E-state index >= 15 is 0 Å². The first-order valence-electron chi connectivity index (χ1n) is 6.81. The minimum Gasteiger partial charge on any atom is -0.497 e. The summed E-state index contributed by atoms with van der Waals surface area (Å²) in [6.07, 6.45) is -0.571. The summed E-state index contributed by atoms with van der Waals surface area (Å²) in [7, 11) is -3.42. The highest BCUT2D eigenvalue weighted by Gasteiger charge is 2.43. The summed E-state index contributed by atoms with van der Waals surface area (Å²) in [5.41, 5.74) is 0.608. The van der Waals surface area contributed by atoms with E-state index in [9.17, 15) is 27.0 Å². The van der Waals surface area contributed by atoms with E-state index in [-0.39, 0.29) is 6.42 Å². The van der Waals surface area contributed by atoms with Gasteiger partial charge < -0.3 is 14.7 Å². The molecule has 9 heteroatoms. The molecular formula is C14H16FNO6S. The Labute approximate surface area is 132 Å². The summed E-state index contributed by atoms with van der Waals surface area (Å²) >= 11 is 0. The third-order valence-electron chi connectivity index (χ3n) is 3.75. The van der Waals surface area contributed by atoms with Crippen LogP contribution in [0, 0.1) is 0 Å². The van der Waals surface area contributed by atoms with Crippen molar-refractivity contribution in [1.29, 1.82) is 0 Å². The molecule has 1 fully saturated rings. The van der Waals surface area contributed by atoms with Gasteiger partial charge in [-0.2, -0.15) is 8.42 Å². The zero-order valence-corrected chi connectivity index (χ0v) is 13.1. The van der Waals surface area contributed by atoms with Crippen molar-refractivity contribution < 1.29 is 31.7 Å². The van der Waals surface area contributed by atoms with E-state index in [4.69, 9.17) is 4.74 Å². The third-order valence-corrected chi connectivity index (χ3v) is 4.86. The molecule has 0 bridgehead atoms. The molecule has 1 amide bonds. The molecule has 1 saturated heterocycles. The number of nitrogens with zero attached hydrogens (tertiary/aromatic N) is 1. The van der Waals surface area contributed by atoms with Gasteiger partial charge in [-0.25, -0.2) is 4.79 Å². The summed E-state index contributed by atoms with van der Waals surface area (Å²) in [5.74, 6) is -1.44. The minimum absolute atomic E-state index is 0.0304. The third kappa shape index (κ3) is 3.98. The van der Waals surface area contributed by atoms with Crippen molar-refractivity contribution in [3.8, 4) is 5.75 Å². The maximum Gasteiger partial charge on any atom is 0.326 e. The van der Waals surface area contributed by atoms with Crippen LogP contribution in [0.1, 0.15) is 12.0 Å². The van der Waals surface area contributed by atoms with Crippen molar-refractivity contribution in [1.82, 2.24) is 4.90 Å². The lowest BCUT2D eigenvalue weighted by atomic mass is 10.0. The van der Waals surface area contributed by atoms with Gasteiger partial charge in [-0.05, 0) is 17.7 Å². The molecule has 23 heavy (non-hydrogen) atoms. The Balaban J connectivity index is 2.22. The number of carbonyl (C=O) groups is 2. The van der Waals surface area contributed by atoms with Crippen LogP contribution in [0.2, 0.25) is 0 Å². The molecule has 1 heterocycles. The van der Waals surface area contributed by atoms with Gasteiger partial charge in [-0.1, -0.05) is 12.1 Å². The number of aliphatic carboxylic acids is 1. The predicted molar refractivity (Wildman–Crippen MR) is 78.3 cm³/mol. The Bertz CT molecular complexity index is 720. The second-order valence-corrected chi connectivity index (χ2v) is 6.88. The Kier molecular flexibility index (Phi) is 4.88. The van der Waals surface area contributed by atoms with Gasteiger partial charge >= 0.3 is 16.2 Å². The highest BCUT2D eigenvalue weighted by molar-refractivity contribution is 7.87. The first-order chi connectivity index (χ1) is 10.7. The van der Waals surface area contributed by atoms with E-state index in [2.05, 4.69) is 0 Å². The molecule has 0 aliphatic carbocycles. The summed E-state index contributed by atoms with van der Waals surface area (Å²) in [5, 5.41) is 7.85. The van der Waals surface area contributed by atoms with Crippen LogP contribution < -0.4 is 4.74 Å². The molecule has 2 atom stereocenters. The van der Waals surface area contributed by atoms with E-state index < -0.39 is 46.4 Å². The topological polar surface area (TPSA) is 101 Å². The molecule has 1 N–H and O–H groups in total. The first kappa shape index (κ1) is 17.2. The standard InChI is InChI=1S/C14H16FNO6S/c1-22-10-4-2-3-9(5-10)6-12(14(18)19)16-8-11(7-13(16)17)23(15,20)21/h2-5,11-12H,6-8H2,1H3,(H,18,19). The van der Waals surface area contributed by atoms with E-state index in [0.717, 1.165) is 4.90 Å². The van der Waals surface area contributed by atoms with Crippen molar-refractivity contribution in [3.63, 3.8) is 0 Å². The zero-order valence-electron chi connectivity index (χ0n) is 12.3. The Morgan fingerprint density at radius 2 is 2.22 bits per heavy atom. The minimum atomic E-state index is -4.89. The molecule has 126 valence electrons. The fraction of sp³-hybridized carbons (Fsp3) is 0.429. The molecule has 1 aromatic rings. The fourth-order valence-electron chi connectivity index (χ4n) is 2.54. The van der Waals surface area contributed by atoms with Crippen molar-refractivity contribution in [2.75, 3.05) is 13.7 Å². The Morgan fingerprint density at radius 1 is 1.52 bits per heavy atom. The Morgan fingerprint density at radius 3 is 2.74 bits per heavy atom. The number of likely N-dealkylation sites (tertiary alicyclic amines) is 1. The molecule has 2 rings (SSSR count). The number of carboxylic acids is 1. The summed E-state index contributed by atoms with van der Waals surface area (Å²) in [6.45, 7) is -0.460. The molecule has 2 unspecified atom stereocenters. The summed E-state index contributed by atoms with van der Waals surface area (Å²) in [6, 6.07) is 5.39. The number of benzene rings is 1. The maximum atomic E-state index is 13.1. The van der Waals surface area contributed by atoms with Gasteiger partial charge in [0.05, 0.1) is 7.11 Å². The van der Waals surface area contributed by atoms with E-state index in [1.165, 1.54) is 7.11 Å². The SMILES string of the molecule is COc1cccc(CC(C(=O)O)N2CC(S(=O)(=O)F)CC2=O)c1. The number of hydrogen-bond acceptors (Lipinski definition) is 5. The quantitative estimate of drug-likeness (QED) is 0.758. The molecule has 0 spiro atoms. The molecule has 0 saturated carbocycles. The number of methoxy groups -OCH3 is 1. The molecule has 1 aliphatic rings. The van der Waals surface area contributed by atoms with Crippen LogP contribution in [0.25, 0.3) is 0 Å². The fourth-order valence-corrected chi connectivity index (χ4v) is 3.22. The van der Waals surface area contributed by atoms with E-state index in [1.54, 1.807) is 24.3 Å². The number of rotatable bonds is 6. The second kappa shape index (κ2) is 6.53. The largest absolute Gasteiger partial charge is 0.497 e. The van der Waals surface area contributed by atoms with Gasteiger partial charge in [-0.3, -0.25) is 4.79 Å². The van der Waals surface area contributed by atoms with Gasteiger partial charge in [0.25, 0.3) is 0 Å². The van der Waals surface area contributed by atoms with Crippen molar-refractivity contribution in [3.05, 3.63) is 29.8 Å². The smallest absolute Gasteiger partial charge is 0.326 e. The summed E-state index contributed by atoms with van der Waals surface area (Å²) in [4.78, 5) is 24.3. The van der Waals surface area contributed by atoms with Gasteiger partial charge in [0.2, 0.25) is 5.91 Å². The van der Waals surface area contributed by atoms with Gasteiger partial charge in [0, 0.05) is 19.4 Å². The van der Waals surface area contributed by atoms with E-state index in [0.29, 0.717) is 11.3 Å². The maximum absolute atomic E-state index is 13.1. The number of hydrogen-bond donors (Lipinski definition) is 1. The molecular weight excluding hydrogens is 329 g/mol. The van der Waals surface area contributed by atoms with Gasteiger partial charge in [0.15, 0.2) is 0 Å². The van der Waals surface area contributed by atoms with Gasteiger partial charge in [-0.15, -0.1) is 3.89 Å². The van der Waals surface area contributed by atoms with Crippen molar-refractivity contribution >= 4 is 22.1 Å². The lowest BCUT2D eigenvalue weighted by molar-refractivity contribution is -0.148. The number of carbonyl (C=O) groups excluding carboxylic acids is 1. The molecule has 1 aliphatic heterocycles. The summed E-state index contributed by atoms with van der Waals surface area (Å²) < 4.78 is 40.0. The van der Waals surface area contributed by atoms with Crippen molar-refractivity contribution in [2.24, 2.45) is 0 Å². The number of halogens is 1. The molecule has 1 aromatic carbocycles. The van der Waals surface area contributed by atoms with Crippen LogP contribution in [-0.4, -0.2) is 55.2 Å². The zero-order chi connectivity index (χ0) is 17.2. The van der Waals surface area contributed by atoms with Gasteiger partial charge in [0.1, 0.15) is 17.0 Å². The highest BCUT2D eigenvalue weighted by Crippen LogP contribution is 2.24. The molecule has 0 aromatic heterocycles. The predicted octanol–water partition coefficient (Wildman–Crippen LogP) is 0.591. The number of ether oxygens (including phenoxy) is 1. The molecule has 7 nitrogen and oxygen atoms in total. The Hall–Kier alpha value is -2.16. The van der Waals surface area contributed by atoms with E-state index in [1.807, 2.05) is 0 Å². The van der Waals surface area contributed by atoms with Crippen LogP contribution in [0.15, 0.2) is 24.3 Å². The normalized spacial score (nSPS) is 19.7. The highest BCUT2D eigenvalue weighted by atomic mass is 32.3. The first-order valence-corrected chi connectivity index (χ1v) is 8.25. The lowest BCUT2D eigenvalue weighted by Gasteiger charge is -2.24. The average molecular weight is 345 g/mol. The number of amides is 1.